The summed E-state index contributed by atoms with van der Waals surface area (Å²) in [5.41, 5.74) is 1.33. The standard InChI is InChI=1S/C13H14N4O4/c1-8-6-11(15-16(8)2)13(18)14-10-5-4-9(17(19)20)7-12(10)21-3/h4-7H,1-3H3,(H,14,18). The zero-order valence-corrected chi connectivity index (χ0v) is 11.8. The molecule has 1 aromatic carbocycles. The Morgan fingerprint density at radius 2 is 2.14 bits per heavy atom. The zero-order chi connectivity index (χ0) is 15.6. The molecule has 0 saturated carbocycles. The molecule has 21 heavy (non-hydrogen) atoms. The van der Waals surface area contributed by atoms with Gasteiger partial charge in [-0.1, -0.05) is 0 Å². The summed E-state index contributed by atoms with van der Waals surface area (Å²) in [4.78, 5) is 22.3. The highest BCUT2D eigenvalue weighted by molar-refractivity contribution is 6.03. The third kappa shape index (κ3) is 2.99. The van der Waals surface area contributed by atoms with Gasteiger partial charge >= 0.3 is 0 Å². The molecule has 0 fully saturated rings. The van der Waals surface area contributed by atoms with Gasteiger partial charge in [0.25, 0.3) is 11.6 Å². The van der Waals surface area contributed by atoms with Crippen LogP contribution in [-0.4, -0.2) is 27.7 Å². The molecule has 8 nitrogen and oxygen atoms in total. The van der Waals surface area contributed by atoms with Gasteiger partial charge in [-0.15, -0.1) is 0 Å². The molecular formula is C13H14N4O4. The Hall–Kier alpha value is -2.90. The average Bonchev–Trinajstić information content (AvgIpc) is 2.79. The van der Waals surface area contributed by atoms with Crippen molar-refractivity contribution in [1.82, 2.24) is 9.78 Å². The van der Waals surface area contributed by atoms with Crippen LogP contribution in [0.1, 0.15) is 16.2 Å². The second kappa shape index (κ2) is 5.61. The molecule has 2 rings (SSSR count). The molecule has 1 N–H and O–H groups in total. The summed E-state index contributed by atoms with van der Waals surface area (Å²) < 4.78 is 6.64. The minimum Gasteiger partial charge on any atom is -0.494 e. The van der Waals surface area contributed by atoms with Crippen molar-refractivity contribution in [2.45, 2.75) is 6.92 Å². The third-order valence-electron chi connectivity index (χ3n) is 2.99. The highest BCUT2D eigenvalue weighted by Crippen LogP contribution is 2.29. The first kappa shape index (κ1) is 14.5. The quantitative estimate of drug-likeness (QED) is 0.684. The second-order valence-corrected chi connectivity index (χ2v) is 4.39. The van der Waals surface area contributed by atoms with E-state index < -0.39 is 10.8 Å². The predicted molar refractivity (Wildman–Crippen MR) is 75.5 cm³/mol. The van der Waals surface area contributed by atoms with Crippen LogP contribution in [-0.2, 0) is 7.05 Å². The zero-order valence-electron chi connectivity index (χ0n) is 11.8. The highest BCUT2D eigenvalue weighted by atomic mass is 16.6. The fraction of sp³-hybridized carbons (Fsp3) is 0.231. The van der Waals surface area contributed by atoms with Gasteiger partial charge in [0.2, 0.25) is 0 Å². The van der Waals surface area contributed by atoms with E-state index in [9.17, 15) is 14.9 Å². The Kier molecular flexibility index (Phi) is 3.88. The first-order valence-corrected chi connectivity index (χ1v) is 6.07. The van der Waals surface area contributed by atoms with E-state index in [2.05, 4.69) is 10.4 Å². The maximum absolute atomic E-state index is 12.1. The average molecular weight is 290 g/mol. The SMILES string of the molecule is COc1cc([N+](=O)[O-])ccc1NC(=O)c1cc(C)n(C)n1. The first-order valence-electron chi connectivity index (χ1n) is 6.07. The smallest absolute Gasteiger partial charge is 0.276 e. The van der Waals surface area contributed by atoms with Gasteiger partial charge in [0.1, 0.15) is 5.75 Å². The van der Waals surface area contributed by atoms with Gasteiger partial charge in [-0.3, -0.25) is 19.6 Å². The van der Waals surface area contributed by atoms with E-state index in [1.807, 2.05) is 6.92 Å². The van der Waals surface area contributed by atoms with Crippen molar-refractivity contribution in [3.63, 3.8) is 0 Å². The number of amides is 1. The van der Waals surface area contributed by atoms with Gasteiger partial charge in [-0.2, -0.15) is 5.10 Å². The number of hydrogen-bond acceptors (Lipinski definition) is 5. The van der Waals surface area contributed by atoms with Crippen LogP contribution in [0.25, 0.3) is 0 Å². The Bertz CT molecular complexity index is 689. The first-order chi connectivity index (χ1) is 9.92. The number of methoxy groups -OCH3 is 1. The van der Waals surface area contributed by atoms with Crippen molar-refractivity contribution in [3.8, 4) is 5.75 Å². The number of rotatable bonds is 4. The number of aryl methyl sites for hydroxylation is 2. The molecule has 0 aliphatic rings. The van der Waals surface area contributed by atoms with E-state index in [0.29, 0.717) is 5.69 Å². The largest absolute Gasteiger partial charge is 0.494 e. The van der Waals surface area contributed by atoms with Crippen LogP contribution < -0.4 is 10.1 Å². The fourth-order valence-electron chi connectivity index (χ4n) is 1.75. The molecule has 0 aliphatic heterocycles. The normalized spacial score (nSPS) is 10.2. The lowest BCUT2D eigenvalue weighted by molar-refractivity contribution is -0.384. The van der Waals surface area contributed by atoms with Gasteiger partial charge in [0.05, 0.1) is 23.8 Å². The third-order valence-corrected chi connectivity index (χ3v) is 2.99. The Morgan fingerprint density at radius 3 is 2.67 bits per heavy atom. The number of benzene rings is 1. The number of anilines is 1. The molecule has 1 heterocycles. The van der Waals surface area contributed by atoms with Crippen molar-refractivity contribution < 1.29 is 14.5 Å². The molecule has 0 atom stereocenters. The summed E-state index contributed by atoms with van der Waals surface area (Å²) in [5, 5.41) is 17.4. The molecule has 1 amide bonds. The van der Waals surface area contributed by atoms with Crippen LogP contribution >= 0.6 is 0 Å². The van der Waals surface area contributed by atoms with Crippen molar-refractivity contribution in [2.75, 3.05) is 12.4 Å². The van der Waals surface area contributed by atoms with E-state index in [1.54, 1.807) is 17.8 Å². The fourth-order valence-corrected chi connectivity index (χ4v) is 1.75. The number of hydrogen-bond donors (Lipinski definition) is 1. The topological polar surface area (TPSA) is 99.3 Å². The van der Waals surface area contributed by atoms with Gasteiger partial charge in [0, 0.05) is 18.8 Å². The minimum absolute atomic E-state index is 0.112. The summed E-state index contributed by atoms with van der Waals surface area (Å²) in [6, 6.07) is 5.61. The Morgan fingerprint density at radius 1 is 1.43 bits per heavy atom. The lowest BCUT2D eigenvalue weighted by atomic mass is 10.2. The number of carbonyl (C=O) groups excluding carboxylic acids is 1. The number of nitrogens with one attached hydrogen (secondary N) is 1. The molecular weight excluding hydrogens is 276 g/mol. The van der Waals surface area contributed by atoms with Gasteiger partial charge in [-0.25, -0.2) is 0 Å². The van der Waals surface area contributed by atoms with Gasteiger partial charge in [0.15, 0.2) is 5.69 Å². The van der Waals surface area contributed by atoms with Crippen LogP contribution in [0.5, 0.6) is 5.75 Å². The summed E-state index contributed by atoms with van der Waals surface area (Å²) in [6.45, 7) is 1.83. The number of nitro benzene ring substituents is 1. The lowest BCUT2D eigenvalue weighted by Gasteiger charge is -2.08. The molecule has 0 radical (unpaired) electrons. The molecule has 1 aromatic heterocycles. The Labute approximate surface area is 120 Å². The van der Waals surface area contributed by atoms with Crippen molar-refractivity contribution in [2.24, 2.45) is 7.05 Å². The van der Waals surface area contributed by atoms with Gasteiger partial charge < -0.3 is 10.1 Å². The second-order valence-electron chi connectivity index (χ2n) is 4.39. The molecule has 8 heteroatoms. The van der Waals surface area contributed by atoms with E-state index in [0.717, 1.165) is 5.69 Å². The van der Waals surface area contributed by atoms with E-state index in [4.69, 9.17) is 4.74 Å². The van der Waals surface area contributed by atoms with Gasteiger partial charge in [-0.05, 0) is 19.1 Å². The number of nitro groups is 1. The molecule has 0 spiro atoms. The van der Waals surface area contributed by atoms with Crippen LogP contribution in [0.15, 0.2) is 24.3 Å². The predicted octanol–water partition coefficient (Wildman–Crippen LogP) is 1.90. The molecule has 110 valence electrons. The van der Waals surface area contributed by atoms with E-state index in [-0.39, 0.29) is 17.1 Å². The number of ether oxygens (including phenoxy) is 1. The number of aromatic nitrogens is 2. The van der Waals surface area contributed by atoms with Crippen LogP contribution in [0.3, 0.4) is 0 Å². The lowest BCUT2D eigenvalue weighted by Crippen LogP contribution is -2.13. The molecule has 0 bridgehead atoms. The molecule has 0 aliphatic carbocycles. The maximum atomic E-state index is 12.1. The van der Waals surface area contributed by atoms with Crippen LogP contribution in [0.2, 0.25) is 0 Å². The van der Waals surface area contributed by atoms with E-state index in [1.165, 1.54) is 25.3 Å². The number of nitrogens with zero attached hydrogens (tertiary/aromatic N) is 3. The summed E-state index contributed by atoms with van der Waals surface area (Å²) >= 11 is 0. The van der Waals surface area contributed by atoms with Crippen molar-refractivity contribution in [1.29, 1.82) is 0 Å². The van der Waals surface area contributed by atoms with E-state index >= 15 is 0 Å². The summed E-state index contributed by atoms with van der Waals surface area (Å²) in [7, 11) is 3.11. The number of carbonyl (C=O) groups is 1. The summed E-state index contributed by atoms with van der Waals surface area (Å²) in [5.74, 6) is -0.198. The molecule has 0 unspecified atom stereocenters. The van der Waals surface area contributed by atoms with Crippen LogP contribution in [0.4, 0.5) is 11.4 Å². The number of non-ortho nitro benzene ring substituents is 1. The van der Waals surface area contributed by atoms with Crippen LogP contribution in [0, 0.1) is 17.0 Å². The van der Waals surface area contributed by atoms with Crippen molar-refractivity contribution in [3.05, 3.63) is 45.8 Å². The highest BCUT2D eigenvalue weighted by Gasteiger charge is 2.16. The monoisotopic (exact) mass is 290 g/mol. The Balaban J connectivity index is 2.26. The molecule has 0 saturated heterocycles. The minimum atomic E-state index is -0.532. The maximum Gasteiger partial charge on any atom is 0.276 e. The van der Waals surface area contributed by atoms with Crippen molar-refractivity contribution >= 4 is 17.3 Å². The summed E-state index contributed by atoms with van der Waals surface area (Å²) in [6.07, 6.45) is 0. The molecule has 2 aromatic rings.